The number of carbonyl (C=O) groups is 1. The lowest BCUT2D eigenvalue weighted by atomic mass is 10.2. The van der Waals surface area contributed by atoms with Crippen molar-refractivity contribution in [2.45, 2.75) is 0 Å². The van der Waals surface area contributed by atoms with E-state index in [9.17, 15) is 4.79 Å². The quantitative estimate of drug-likeness (QED) is 0.564. The van der Waals surface area contributed by atoms with Gasteiger partial charge in [-0.3, -0.25) is 4.79 Å². The number of hydrogen-bond donors (Lipinski definition) is 2. The van der Waals surface area contributed by atoms with Crippen molar-refractivity contribution in [1.29, 1.82) is 0 Å². The van der Waals surface area contributed by atoms with Crippen LogP contribution in [0.25, 0.3) is 0 Å². The summed E-state index contributed by atoms with van der Waals surface area (Å²) in [5.41, 5.74) is 1.06. The van der Waals surface area contributed by atoms with Gasteiger partial charge in [0, 0.05) is 26.0 Å². The van der Waals surface area contributed by atoms with Crippen molar-refractivity contribution in [1.82, 2.24) is 4.98 Å². The van der Waals surface area contributed by atoms with E-state index in [0.29, 0.717) is 17.1 Å². The average molecular weight is 498 g/mol. The van der Waals surface area contributed by atoms with E-state index in [1.54, 1.807) is 13.1 Å². The van der Waals surface area contributed by atoms with Gasteiger partial charge < -0.3 is 10.6 Å². The number of nitrogens with zero attached hydrogens (tertiary/aromatic N) is 1. The van der Waals surface area contributed by atoms with Crippen molar-refractivity contribution in [3.05, 3.63) is 48.4 Å². The average Bonchev–Trinajstić information content (AvgIpc) is 2.41. The van der Waals surface area contributed by atoms with Crippen LogP contribution in [-0.2, 0) is 0 Å². The van der Waals surface area contributed by atoms with Crippen molar-refractivity contribution in [3.8, 4) is 0 Å². The van der Waals surface area contributed by atoms with Crippen LogP contribution in [0, 0.1) is 0 Å². The first-order valence-corrected chi connectivity index (χ1v) is 8.47. The number of halogens is 4. The zero-order chi connectivity index (χ0) is 15.6. The maximum absolute atomic E-state index is 12.3. The second kappa shape index (κ2) is 7.09. The first kappa shape index (κ1) is 16.7. The van der Waals surface area contributed by atoms with E-state index in [1.807, 2.05) is 12.1 Å². The lowest BCUT2D eigenvalue weighted by molar-refractivity contribution is 0.102. The molecule has 0 saturated carbocycles. The van der Waals surface area contributed by atoms with Crippen molar-refractivity contribution in [2.75, 3.05) is 17.7 Å². The van der Waals surface area contributed by atoms with E-state index < -0.39 is 0 Å². The van der Waals surface area contributed by atoms with Gasteiger partial charge in [0.25, 0.3) is 5.91 Å². The Labute approximate surface area is 152 Å². The number of anilines is 2. The molecular formula is C13H9Br3ClN3O. The Morgan fingerprint density at radius 3 is 2.33 bits per heavy atom. The van der Waals surface area contributed by atoms with E-state index in [0.717, 1.165) is 13.4 Å². The highest BCUT2D eigenvalue weighted by atomic mass is 79.9. The second-order valence-corrected chi connectivity index (χ2v) is 7.02. The fraction of sp³-hybridized carbons (Fsp3) is 0.0769. The fourth-order valence-corrected chi connectivity index (χ4v) is 4.27. The van der Waals surface area contributed by atoms with Crippen molar-refractivity contribution in [2.24, 2.45) is 0 Å². The molecule has 2 rings (SSSR count). The molecule has 1 aromatic heterocycles. The molecule has 0 saturated heterocycles. The molecule has 0 radical (unpaired) electrons. The largest absolute Gasteiger partial charge is 0.373 e. The third-order valence-corrected chi connectivity index (χ3v) is 4.46. The Balaban J connectivity index is 2.32. The summed E-state index contributed by atoms with van der Waals surface area (Å²) in [6, 6.07) is 6.83. The maximum atomic E-state index is 12.3. The predicted molar refractivity (Wildman–Crippen MR) is 96.3 cm³/mol. The first-order valence-electron chi connectivity index (χ1n) is 5.72. The molecule has 21 heavy (non-hydrogen) atoms. The smallest absolute Gasteiger partial charge is 0.255 e. The highest BCUT2D eigenvalue weighted by molar-refractivity contribution is 9.11. The molecule has 8 heteroatoms. The van der Waals surface area contributed by atoms with E-state index >= 15 is 0 Å². The molecule has 110 valence electrons. The predicted octanol–water partition coefficient (Wildman–Crippen LogP) is 5.32. The lowest BCUT2D eigenvalue weighted by Gasteiger charge is -2.11. The zero-order valence-electron chi connectivity index (χ0n) is 10.7. The number of nitrogens with one attached hydrogen (secondary N) is 2. The summed E-state index contributed by atoms with van der Waals surface area (Å²) in [6.07, 6.45) is 0. The van der Waals surface area contributed by atoms with Gasteiger partial charge >= 0.3 is 0 Å². The van der Waals surface area contributed by atoms with Crippen LogP contribution in [0.15, 0.2) is 37.7 Å². The summed E-state index contributed by atoms with van der Waals surface area (Å²) in [4.78, 5) is 16.4. The second-order valence-electron chi connectivity index (χ2n) is 4.01. The number of amides is 1. The number of rotatable bonds is 3. The summed E-state index contributed by atoms with van der Waals surface area (Å²) < 4.78 is 2.40. The minimum atomic E-state index is -0.278. The Morgan fingerprint density at radius 1 is 1.14 bits per heavy atom. The van der Waals surface area contributed by atoms with E-state index in [4.69, 9.17) is 11.6 Å². The maximum Gasteiger partial charge on any atom is 0.255 e. The molecule has 1 aromatic carbocycles. The van der Waals surface area contributed by atoms with Crippen LogP contribution in [0.1, 0.15) is 10.4 Å². The summed E-state index contributed by atoms with van der Waals surface area (Å²) in [5.74, 6) is 0.251. The normalized spacial score (nSPS) is 10.3. The summed E-state index contributed by atoms with van der Waals surface area (Å²) in [6.45, 7) is 0. The van der Waals surface area contributed by atoms with Crippen LogP contribution < -0.4 is 10.6 Å². The third kappa shape index (κ3) is 4.18. The molecule has 0 atom stereocenters. The molecule has 0 unspecified atom stereocenters. The zero-order valence-corrected chi connectivity index (χ0v) is 16.2. The van der Waals surface area contributed by atoms with Gasteiger partial charge in [-0.1, -0.05) is 27.5 Å². The van der Waals surface area contributed by atoms with Gasteiger partial charge in [0.05, 0.1) is 5.69 Å². The Bertz CT molecular complexity index is 686. The number of hydrogen-bond acceptors (Lipinski definition) is 3. The number of aromatic nitrogens is 1. The molecule has 0 aliphatic rings. The lowest BCUT2D eigenvalue weighted by Crippen LogP contribution is -2.13. The minimum Gasteiger partial charge on any atom is -0.373 e. The number of pyridine rings is 1. The topological polar surface area (TPSA) is 54.0 Å². The summed E-state index contributed by atoms with van der Waals surface area (Å²) in [7, 11) is 1.71. The van der Waals surface area contributed by atoms with Gasteiger partial charge in [-0.05, 0) is 56.1 Å². The van der Waals surface area contributed by atoms with Crippen LogP contribution in [0.3, 0.4) is 0 Å². The molecule has 0 fully saturated rings. The fourth-order valence-electron chi connectivity index (χ4n) is 1.60. The molecule has 1 amide bonds. The Morgan fingerprint density at radius 2 is 1.76 bits per heavy atom. The molecular weight excluding hydrogens is 489 g/mol. The van der Waals surface area contributed by atoms with Crippen LogP contribution in [0.4, 0.5) is 11.5 Å². The Hall–Kier alpha value is -0.630. The van der Waals surface area contributed by atoms with Crippen LogP contribution >= 0.6 is 59.4 Å². The van der Waals surface area contributed by atoms with Gasteiger partial charge in [-0.25, -0.2) is 4.98 Å². The first-order chi connectivity index (χ1) is 9.90. The van der Waals surface area contributed by atoms with Gasteiger partial charge in [0.15, 0.2) is 0 Å². The molecule has 1 heterocycles. The molecule has 2 aromatic rings. The van der Waals surface area contributed by atoms with Crippen LogP contribution in [0.2, 0.25) is 5.15 Å². The van der Waals surface area contributed by atoms with Gasteiger partial charge in [-0.2, -0.15) is 0 Å². The van der Waals surface area contributed by atoms with Gasteiger partial charge in [-0.15, -0.1) is 0 Å². The number of benzene rings is 1. The van der Waals surface area contributed by atoms with Gasteiger partial charge in [0.2, 0.25) is 0 Å². The molecule has 0 aliphatic carbocycles. The van der Waals surface area contributed by atoms with Crippen molar-refractivity contribution >= 4 is 76.8 Å². The third-order valence-electron chi connectivity index (χ3n) is 2.56. The minimum absolute atomic E-state index is 0.251. The molecule has 0 bridgehead atoms. The molecule has 0 spiro atoms. The SMILES string of the molecule is CNc1cc(C(=O)Nc2c(Br)cc(Br)cc2Br)cc(Cl)n1. The highest BCUT2D eigenvalue weighted by Crippen LogP contribution is 2.34. The van der Waals surface area contributed by atoms with E-state index in [-0.39, 0.29) is 11.1 Å². The van der Waals surface area contributed by atoms with E-state index in [2.05, 4.69) is 63.4 Å². The van der Waals surface area contributed by atoms with Crippen LogP contribution in [0.5, 0.6) is 0 Å². The summed E-state index contributed by atoms with van der Waals surface area (Å²) >= 11 is 16.1. The monoisotopic (exact) mass is 495 g/mol. The molecule has 4 nitrogen and oxygen atoms in total. The van der Waals surface area contributed by atoms with Crippen molar-refractivity contribution in [3.63, 3.8) is 0 Å². The molecule has 0 aliphatic heterocycles. The van der Waals surface area contributed by atoms with Crippen molar-refractivity contribution < 1.29 is 4.79 Å². The standard InChI is InChI=1S/C13H9Br3ClN3O/c1-18-11-3-6(2-10(17)19-11)13(21)20-12-8(15)4-7(14)5-9(12)16/h2-5H,1H3,(H,18,19)(H,20,21). The van der Waals surface area contributed by atoms with Crippen LogP contribution in [-0.4, -0.2) is 17.9 Å². The van der Waals surface area contributed by atoms with Gasteiger partial charge in [0.1, 0.15) is 11.0 Å². The Kier molecular flexibility index (Phi) is 5.65. The molecule has 2 N–H and O–H groups in total. The number of carbonyl (C=O) groups excluding carboxylic acids is 1. The summed E-state index contributed by atoms with van der Waals surface area (Å²) in [5, 5.41) is 5.94. The highest BCUT2D eigenvalue weighted by Gasteiger charge is 2.13. The van der Waals surface area contributed by atoms with E-state index in [1.165, 1.54) is 6.07 Å².